The molecule has 0 saturated heterocycles. The van der Waals surface area contributed by atoms with Crippen molar-refractivity contribution in [2.45, 2.75) is 19.9 Å². The Balaban J connectivity index is 1.60. The van der Waals surface area contributed by atoms with E-state index in [4.69, 9.17) is 4.74 Å². The maximum atomic E-state index is 12.2. The highest BCUT2D eigenvalue weighted by molar-refractivity contribution is 7.17. The summed E-state index contributed by atoms with van der Waals surface area (Å²) in [6, 6.07) is 14.7. The van der Waals surface area contributed by atoms with Gasteiger partial charge in [-0.3, -0.25) is 9.59 Å². The number of carbonyl (C=O) groups is 2. The molecule has 2 amide bonds. The van der Waals surface area contributed by atoms with Crippen LogP contribution in [0.3, 0.4) is 0 Å². The number of hydrogen-bond donors (Lipinski definition) is 2. The van der Waals surface area contributed by atoms with E-state index in [2.05, 4.69) is 10.6 Å². The molecule has 0 bridgehead atoms. The molecule has 0 spiro atoms. The van der Waals surface area contributed by atoms with Crippen LogP contribution in [0.2, 0.25) is 0 Å². The minimum atomic E-state index is -0.683. The number of rotatable bonds is 5. The first-order valence-corrected chi connectivity index (χ1v) is 9.26. The molecule has 0 radical (unpaired) electrons. The molecular weight excluding hydrogens is 348 g/mol. The number of ether oxygens (including phenoxy) is 1. The van der Waals surface area contributed by atoms with E-state index in [-0.39, 0.29) is 6.04 Å². The van der Waals surface area contributed by atoms with Gasteiger partial charge < -0.3 is 15.4 Å². The smallest absolute Gasteiger partial charge is 0.313 e. The van der Waals surface area contributed by atoms with Crippen LogP contribution >= 0.6 is 11.3 Å². The molecule has 1 aromatic heterocycles. The van der Waals surface area contributed by atoms with E-state index in [1.165, 1.54) is 0 Å². The molecule has 0 aliphatic rings. The van der Waals surface area contributed by atoms with E-state index in [0.29, 0.717) is 12.3 Å². The largest absolute Gasteiger partial charge is 0.494 e. The molecule has 1 heterocycles. The lowest BCUT2D eigenvalue weighted by atomic mass is 10.1. The zero-order valence-electron chi connectivity index (χ0n) is 14.6. The Bertz CT molecular complexity index is 918. The highest BCUT2D eigenvalue weighted by Gasteiger charge is 2.17. The molecule has 0 aliphatic heterocycles. The maximum Gasteiger partial charge on any atom is 0.313 e. The summed E-state index contributed by atoms with van der Waals surface area (Å²) in [5, 5.41) is 8.38. The molecule has 1 unspecified atom stereocenters. The van der Waals surface area contributed by atoms with Crippen molar-refractivity contribution < 1.29 is 14.3 Å². The van der Waals surface area contributed by atoms with Crippen LogP contribution in [0.15, 0.2) is 53.9 Å². The van der Waals surface area contributed by atoms with Crippen LogP contribution in [0.1, 0.15) is 25.5 Å². The molecule has 0 saturated carbocycles. The topological polar surface area (TPSA) is 67.4 Å². The molecule has 3 rings (SSSR count). The standard InChI is InChI=1S/C20H20N2O3S/c1-3-25-17-7-4-14(5-8-17)13(2)21-19(23)20(24)22-16-6-9-18-15(12-16)10-11-26-18/h4-13H,3H2,1-2H3,(H,21,23)(H,22,24). The Morgan fingerprint density at radius 3 is 2.58 bits per heavy atom. The van der Waals surface area contributed by atoms with Crippen molar-refractivity contribution in [2.24, 2.45) is 0 Å². The van der Waals surface area contributed by atoms with Gasteiger partial charge in [0.25, 0.3) is 0 Å². The monoisotopic (exact) mass is 368 g/mol. The molecule has 1 atom stereocenters. The third-order valence-corrected chi connectivity index (χ3v) is 4.85. The molecule has 0 aliphatic carbocycles. The molecule has 26 heavy (non-hydrogen) atoms. The predicted molar refractivity (Wildman–Crippen MR) is 105 cm³/mol. The molecular formula is C20H20N2O3S. The van der Waals surface area contributed by atoms with Crippen molar-refractivity contribution in [1.82, 2.24) is 5.32 Å². The normalized spacial score (nSPS) is 11.8. The Hall–Kier alpha value is -2.86. The molecule has 2 N–H and O–H groups in total. The third kappa shape index (κ3) is 4.21. The van der Waals surface area contributed by atoms with Crippen molar-refractivity contribution in [3.8, 4) is 5.75 Å². The summed E-state index contributed by atoms with van der Waals surface area (Å²) in [5.41, 5.74) is 1.50. The number of benzene rings is 2. The van der Waals surface area contributed by atoms with E-state index < -0.39 is 11.8 Å². The average molecular weight is 368 g/mol. The van der Waals surface area contributed by atoms with E-state index in [0.717, 1.165) is 21.4 Å². The number of hydrogen-bond acceptors (Lipinski definition) is 4. The molecule has 2 aromatic carbocycles. The van der Waals surface area contributed by atoms with Gasteiger partial charge in [0.1, 0.15) is 5.75 Å². The highest BCUT2D eigenvalue weighted by Crippen LogP contribution is 2.24. The van der Waals surface area contributed by atoms with Gasteiger partial charge in [0.2, 0.25) is 0 Å². The van der Waals surface area contributed by atoms with Crippen molar-refractivity contribution >= 4 is 38.9 Å². The fourth-order valence-electron chi connectivity index (χ4n) is 2.60. The minimum Gasteiger partial charge on any atom is -0.494 e. The van der Waals surface area contributed by atoms with Gasteiger partial charge in [0.15, 0.2) is 0 Å². The van der Waals surface area contributed by atoms with Gasteiger partial charge in [-0.1, -0.05) is 12.1 Å². The molecule has 3 aromatic rings. The second kappa shape index (κ2) is 8.01. The Kier molecular flexibility index (Phi) is 5.53. The van der Waals surface area contributed by atoms with Crippen molar-refractivity contribution in [1.29, 1.82) is 0 Å². The van der Waals surface area contributed by atoms with Crippen LogP contribution in [0, 0.1) is 0 Å². The van der Waals surface area contributed by atoms with Crippen molar-refractivity contribution in [3.05, 3.63) is 59.5 Å². The number of fused-ring (bicyclic) bond motifs is 1. The summed E-state index contributed by atoms with van der Waals surface area (Å²) in [6.45, 7) is 4.35. The van der Waals surface area contributed by atoms with Gasteiger partial charge in [-0.05, 0) is 66.6 Å². The number of thiophene rings is 1. The van der Waals surface area contributed by atoms with Crippen molar-refractivity contribution in [3.63, 3.8) is 0 Å². The lowest BCUT2D eigenvalue weighted by molar-refractivity contribution is -0.136. The average Bonchev–Trinajstić information content (AvgIpc) is 3.10. The first kappa shape index (κ1) is 17.9. The third-order valence-electron chi connectivity index (χ3n) is 3.96. The lowest BCUT2D eigenvalue weighted by Crippen LogP contribution is -2.36. The number of anilines is 1. The summed E-state index contributed by atoms with van der Waals surface area (Å²) in [5.74, 6) is -0.578. The zero-order valence-corrected chi connectivity index (χ0v) is 15.4. The minimum absolute atomic E-state index is 0.289. The first-order chi connectivity index (χ1) is 12.6. The van der Waals surface area contributed by atoms with E-state index >= 15 is 0 Å². The molecule has 0 fully saturated rings. The second-order valence-corrected chi connectivity index (χ2v) is 6.77. The van der Waals surface area contributed by atoms with E-state index in [1.54, 1.807) is 17.4 Å². The number of amides is 2. The summed E-state index contributed by atoms with van der Waals surface area (Å²) in [7, 11) is 0. The van der Waals surface area contributed by atoms with Crippen molar-refractivity contribution in [2.75, 3.05) is 11.9 Å². The van der Waals surface area contributed by atoms with E-state index in [1.807, 2.05) is 61.7 Å². The van der Waals surface area contributed by atoms with Crippen LogP contribution in [-0.2, 0) is 9.59 Å². The van der Waals surface area contributed by atoms with Crippen LogP contribution in [0.25, 0.3) is 10.1 Å². The Labute approximate surface area is 156 Å². The summed E-state index contributed by atoms with van der Waals surface area (Å²) in [4.78, 5) is 24.3. The quantitative estimate of drug-likeness (QED) is 0.666. The van der Waals surface area contributed by atoms with Gasteiger partial charge in [-0.15, -0.1) is 11.3 Å². The molecule has 134 valence electrons. The van der Waals surface area contributed by atoms with Crippen LogP contribution in [-0.4, -0.2) is 18.4 Å². The van der Waals surface area contributed by atoms with E-state index in [9.17, 15) is 9.59 Å². The van der Waals surface area contributed by atoms with Gasteiger partial charge >= 0.3 is 11.8 Å². The van der Waals surface area contributed by atoms with Gasteiger partial charge in [0.05, 0.1) is 12.6 Å². The van der Waals surface area contributed by atoms with Gasteiger partial charge in [-0.25, -0.2) is 0 Å². The lowest BCUT2D eigenvalue weighted by Gasteiger charge is -2.15. The van der Waals surface area contributed by atoms with Crippen LogP contribution in [0.4, 0.5) is 5.69 Å². The molecule has 5 nitrogen and oxygen atoms in total. The Morgan fingerprint density at radius 2 is 1.85 bits per heavy atom. The summed E-state index contributed by atoms with van der Waals surface area (Å²) >= 11 is 1.63. The van der Waals surface area contributed by atoms with Gasteiger partial charge in [-0.2, -0.15) is 0 Å². The number of nitrogens with one attached hydrogen (secondary N) is 2. The van der Waals surface area contributed by atoms with Gasteiger partial charge in [0, 0.05) is 10.4 Å². The SMILES string of the molecule is CCOc1ccc(C(C)NC(=O)C(=O)Nc2ccc3sccc3c2)cc1. The zero-order chi connectivity index (χ0) is 18.5. The van der Waals surface area contributed by atoms with Crippen LogP contribution < -0.4 is 15.4 Å². The molecule has 6 heteroatoms. The predicted octanol–water partition coefficient (Wildman–Crippen LogP) is 4.12. The maximum absolute atomic E-state index is 12.2. The fourth-order valence-corrected chi connectivity index (χ4v) is 3.37. The number of carbonyl (C=O) groups excluding carboxylic acids is 2. The Morgan fingerprint density at radius 1 is 1.08 bits per heavy atom. The first-order valence-electron chi connectivity index (χ1n) is 8.38. The van der Waals surface area contributed by atoms with Crippen LogP contribution in [0.5, 0.6) is 5.75 Å². The highest BCUT2D eigenvalue weighted by atomic mass is 32.1. The second-order valence-electron chi connectivity index (χ2n) is 5.82. The summed E-state index contributed by atoms with van der Waals surface area (Å²) in [6.07, 6.45) is 0. The fraction of sp³-hybridized carbons (Fsp3) is 0.200. The summed E-state index contributed by atoms with van der Waals surface area (Å²) < 4.78 is 6.54.